The SMILES string of the molecule is NCc1ccc(CNCc2coc3ccccc23)cc1. The van der Waals surface area contributed by atoms with E-state index < -0.39 is 0 Å². The van der Waals surface area contributed by atoms with Crippen LogP contribution in [-0.2, 0) is 19.6 Å². The Morgan fingerprint density at radius 2 is 1.65 bits per heavy atom. The molecule has 0 aliphatic heterocycles. The van der Waals surface area contributed by atoms with E-state index in [1.165, 1.54) is 16.5 Å². The predicted octanol–water partition coefficient (Wildman–Crippen LogP) is 3.18. The van der Waals surface area contributed by atoms with Crippen molar-refractivity contribution in [3.05, 3.63) is 71.5 Å². The van der Waals surface area contributed by atoms with Crippen molar-refractivity contribution in [2.24, 2.45) is 5.73 Å². The lowest BCUT2D eigenvalue weighted by atomic mass is 10.1. The van der Waals surface area contributed by atoms with E-state index in [0.717, 1.165) is 24.2 Å². The molecule has 3 N–H and O–H groups in total. The van der Waals surface area contributed by atoms with Gasteiger partial charge >= 0.3 is 0 Å². The number of nitrogens with one attached hydrogen (secondary N) is 1. The molecule has 0 saturated heterocycles. The third-order valence-electron chi connectivity index (χ3n) is 3.46. The Balaban J connectivity index is 1.62. The van der Waals surface area contributed by atoms with Gasteiger partial charge in [0, 0.05) is 30.6 Å². The lowest BCUT2D eigenvalue weighted by Crippen LogP contribution is -2.12. The van der Waals surface area contributed by atoms with Gasteiger partial charge in [0.15, 0.2) is 0 Å². The van der Waals surface area contributed by atoms with Crippen molar-refractivity contribution in [2.45, 2.75) is 19.6 Å². The molecule has 0 atom stereocenters. The summed E-state index contributed by atoms with van der Waals surface area (Å²) in [6.07, 6.45) is 1.83. The van der Waals surface area contributed by atoms with Crippen LogP contribution in [0.4, 0.5) is 0 Å². The number of rotatable bonds is 5. The molecular formula is C17H18N2O. The summed E-state index contributed by atoms with van der Waals surface area (Å²) in [7, 11) is 0. The van der Waals surface area contributed by atoms with Gasteiger partial charge in [-0.25, -0.2) is 0 Å². The summed E-state index contributed by atoms with van der Waals surface area (Å²) in [4.78, 5) is 0. The second kappa shape index (κ2) is 5.90. The first-order chi connectivity index (χ1) is 9.86. The number of hydrogen-bond donors (Lipinski definition) is 2. The maximum Gasteiger partial charge on any atom is 0.134 e. The smallest absolute Gasteiger partial charge is 0.134 e. The Kier molecular flexibility index (Phi) is 3.81. The predicted molar refractivity (Wildman–Crippen MR) is 81.1 cm³/mol. The Labute approximate surface area is 118 Å². The van der Waals surface area contributed by atoms with Gasteiger partial charge in [0.25, 0.3) is 0 Å². The van der Waals surface area contributed by atoms with Crippen LogP contribution in [0.5, 0.6) is 0 Å². The van der Waals surface area contributed by atoms with E-state index in [0.29, 0.717) is 6.54 Å². The molecule has 0 bridgehead atoms. The zero-order chi connectivity index (χ0) is 13.8. The second-order valence-corrected chi connectivity index (χ2v) is 4.88. The molecule has 20 heavy (non-hydrogen) atoms. The zero-order valence-electron chi connectivity index (χ0n) is 11.3. The van der Waals surface area contributed by atoms with Crippen molar-refractivity contribution >= 4 is 11.0 Å². The van der Waals surface area contributed by atoms with E-state index in [2.05, 4.69) is 35.6 Å². The van der Waals surface area contributed by atoms with Crippen LogP contribution in [-0.4, -0.2) is 0 Å². The number of furan rings is 1. The van der Waals surface area contributed by atoms with E-state index in [1.54, 1.807) is 0 Å². The lowest BCUT2D eigenvalue weighted by molar-refractivity contribution is 0.602. The van der Waals surface area contributed by atoms with Gasteiger partial charge in [-0.1, -0.05) is 42.5 Å². The summed E-state index contributed by atoms with van der Waals surface area (Å²) >= 11 is 0. The molecule has 3 rings (SSSR count). The third-order valence-corrected chi connectivity index (χ3v) is 3.46. The Bertz CT molecular complexity index is 686. The molecule has 3 nitrogen and oxygen atoms in total. The number of para-hydroxylation sites is 1. The second-order valence-electron chi connectivity index (χ2n) is 4.88. The fraction of sp³-hybridized carbons (Fsp3) is 0.176. The molecule has 0 unspecified atom stereocenters. The van der Waals surface area contributed by atoms with Gasteiger partial charge < -0.3 is 15.5 Å². The van der Waals surface area contributed by atoms with Crippen molar-refractivity contribution in [3.8, 4) is 0 Å². The molecule has 102 valence electrons. The number of nitrogens with two attached hydrogens (primary N) is 1. The number of benzene rings is 2. The summed E-state index contributed by atoms with van der Waals surface area (Å²) in [5.74, 6) is 0. The van der Waals surface area contributed by atoms with Crippen LogP contribution >= 0.6 is 0 Å². The van der Waals surface area contributed by atoms with E-state index in [9.17, 15) is 0 Å². The Hall–Kier alpha value is -2.10. The van der Waals surface area contributed by atoms with E-state index in [4.69, 9.17) is 10.2 Å². The number of fused-ring (bicyclic) bond motifs is 1. The standard InChI is InChI=1S/C17H18N2O/c18-9-13-5-7-14(8-6-13)10-19-11-15-12-20-17-4-2-1-3-16(15)17/h1-8,12,19H,9-11,18H2. The Morgan fingerprint density at radius 1 is 0.900 bits per heavy atom. The van der Waals surface area contributed by atoms with Crippen molar-refractivity contribution in [1.29, 1.82) is 0 Å². The molecule has 0 amide bonds. The third kappa shape index (κ3) is 2.74. The summed E-state index contributed by atoms with van der Waals surface area (Å²) < 4.78 is 5.53. The van der Waals surface area contributed by atoms with Gasteiger partial charge in [0.2, 0.25) is 0 Å². The van der Waals surface area contributed by atoms with Gasteiger partial charge in [-0.2, -0.15) is 0 Å². The summed E-state index contributed by atoms with van der Waals surface area (Å²) in [5.41, 5.74) is 10.1. The van der Waals surface area contributed by atoms with Crippen molar-refractivity contribution in [2.75, 3.05) is 0 Å². The molecule has 3 aromatic rings. The highest BCUT2D eigenvalue weighted by Gasteiger charge is 2.04. The van der Waals surface area contributed by atoms with E-state index in [-0.39, 0.29) is 0 Å². The Morgan fingerprint density at radius 3 is 2.45 bits per heavy atom. The van der Waals surface area contributed by atoms with Crippen LogP contribution in [0, 0.1) is 0 Å². The highest BCUT2D eigenvalue weighted by molar-refractivity contribution is 5.80. The molecule has 2 aromatic carbocycles. The maximum absolute atomic E-state index is 5.59. The lowest BCUT2D eigenvalue weighted by Gasteiger charge is -2.05. The van der Waals surface area contributed by atoms with Gasteiger partial charge in [0.05, 0.1) is 6.26 Å². The number of hydrogen-bond acceptors (Lipinski definition) is 3. The first-order valence-electron chi connectivity index (χ1n) is 6.80. The van der Waals surface area contributed by atoms with Crippen molar-refractivity contribution < 1.29 is 4.42 Å². The zero-order valence-corrected chi connectivity index (χ0v) is 11.3. The highest BCUT2D eigenvalue weighted by Crippen LogP contribution is 2.20. The molecule has 1 aromatic heterocycles. The molecule has 0 fully saturated rings. The average molecular weight is 266 g/mol. The van der Waals surface area contributed by atoms with Crippen LogP contribution < -0.4 is 11.1 Å². The minimum atomic E-state index is 0.592. The first kappa shape index (κ1) is 12.9. The largest absolute Gasteiger partial charge is 0.464 e. The van der Waals surface area contributed by atoms with Crippen LogP contribution in [0.2, 0.25) is 0 Å². The van der Waals surface area contributed by atoms with Gasteiger partial charge in [-0.15, -0.1) is 0 Å². The van der Waals surface area contributed by atoms with Crippen molar-refractivity contribution in [1.82, 2.24) is 5.32 Å². The molecule has 3 heteroatoms. The molecule has 0 saturated carbocycles. The van der Waals surface area contributed by atoms with Crippen molar-refractivity contribution in [3.63, 3.8) is 0 Å². The van der Waals surface area contributed by atoms with Gasteiger partial charge in [-0.05, 0) is 17.2 Å². The molecule has 0 aliphatic carbocycles. The van der Waals surface area contributed by atoms with Crippen LogP contribution in [0.3, 0.4) is 0 Å². The van der Waals surface area contributed by atoms with E-state index >= 15 is 0 Å². The highest BCUT2D eigenvalue weighted by atomic mass is 16.3. The maximum atomic E-state index is 5.59. The van der Waals surface area contributed by atoms with E-state index in [1.807, 2.05) is 24.5 Å². The topological polar surface area (TPSA) is 51.2 Å². The molecule has 1 heterocycles. The molecular weight excluding hydrogens is 248 g/mol. The monoisotopic (exact) mass is 266 g/mol. The van der Waals surface area contributed by atoms with Crippen LogP contribution in [0.15, 0.2) is 59.2 Å². The minimum Gasteiger partial charge on any atom is -0.464 e. The quantitative estimate of drug-likeness (QED) is 0.745. The average Bonchev–Trinajstić information content (AvgIpc) is 2.92. The molecule has 0 aliphatic rings. The summed E-state index contributed by atoms with van der Waals surface area (Å²) in [6, 6.07) is 16.5. The van der Waals surface area contributed by atoms with Gasteiger partial charge in [0.1, 0.15) is 5.58 Å². The van der Waals surface area contributed by atoms with Crippen LogP contribution in [0.1, 0.15) is 16.7 Å². The van der Waals surface area contributed by atoms with Crippen LogP contribution in [0.25, 0.3) is 11.0 Å². The summed E-state index contributed by atoms with van der Waals surface area (Å²) in [6.45, 7) is 2.23. The minimum absolute atomic E-state index is 0.592. The fourth-order valence-electron chi connectivity index (χ4n) is 2.30. The molecule has 0 spiro atoms. The normalized spacial score (nSPS) is 11.1. The fourth-order valence-corrected chi connectivity index (χ4v) is 2.30. The molecule has 0 radical (unpaired) electrons. The first-order valence-corrected chi connectivity index (χ1v) is 6.80. The summed E-state index contributed by atoms with van der Waals surface area (Å²) in [5, 5.41) is 4.62. The van der Waals surface area contributed by atoms with Gasteiger partial charge in [-0.3, -0.25) is 0 Å².